The molecule has 0 saturated carbocycles. The Morgan fingerprint density at radius 1 is 1.04 bits per heavy atom. The first-order valence-electron chi connectivity index (χ1n) is 8.47. The summed E-state index contributed by atoms with van der Waals surface area (Å²) < 4.78 is 37.7. The molecular formula is C20H21F3N2O2. The molecule has 0 bridgehead atoms. The van der Waals surface area contributed by atoms with Crippen molar-refractivity contribution in [2.45, 2.75) is 32.5 Å². The summed E-state index contributed by atoms with van der Waals surface area (Å²) in [6.07, 6.45) is -4.38. The second-order valence-corrected chi connectivity index (χ2v) is 6.17. The zero-order valence-corrected chi connectivity index (χ0v) is 15.1. The van der Waals surface area contributed by atoms with Gasteiger partial charge in [0.05, 0.1) is 11.6 Å². The van der Waals surface area contributed by atoms with E-state index in [2.05, 4.69) is 5.32 Å². The monoisotopic (exact) mass is 378 g/mol. The number of amides is 2. The Hall–Kier alpha value is -2.83. The van der Waals surface area contributed by atoms with Gasteiger partial charge in [0, 0.05) is 25.6 Å². The first-order chi connectivity index (χ1) is 12.7. The minimum atomic E-state index is -4.42. The molecule has 1 atom stereocenters. The van der Waals surface area contributed by atoms with E-state index in [1.54, 1.807) is 4.90 Å². The van der Waals surface area contributed by atoms with E-state index in [1.165, 1.54) is 19.1 Å². The Labute approximate surface area is 156 Å². The predicted octanol–water partition coefficient (Wildman–Crippen LogP) is 4.64. The fourth-order valence-electron chi connectivity index (χ4n) is 2.72. The fraction of sp³-hybridized carbons (Fsp3) is 0.300. The summed E-state index contributed by atoms with van der Waals surface area (Å²) >= 11 is 0. The molecule has 0 aliphatic carbocycles. The molecule has 0 heterocycles. The number of rotatable bonds is 6. The summed E-state index contributed by atoms with van der Waals surface area (Å²) in [6, 6.07) is 13.5. The molecular weight excluding hydrogens is 357 g/mol. The van der Waals surface area contributed by atoms with Gasteiger partial charge >= 0.3 is 6.18 Å². The lowest BCUT2D eigenvalue weighted by Gasteiger charge is -2.28. The minimum Gasteiger partial charge on any atom is -0.336 e. The van der Waals surface area contributed by atoms with Crippen LogP contribution >= 0.6 is 0 Å². The lowest BCUT2D eigenvalue weighted by molar-refractivity contribution is -0.137. The van der Waals surface area contributed by atoms with Crippen LogP contribution in [-0.4, -0.2) is 23.3 Å². The number of benzene rings is 2. The third-order valence-corrected chi connectivity index (χ3v) is 4.23. The van der Waals surface area contributed by atoms with E-state index in [0.717, 1.165) is 17.7 Å². The van der Waals surface area contributed by atoms with E-state index in [-0.39, 0.29) is 36.5 Å². The van der Waals surface area contributed by atoms with Gasteiger partial charge in [-0.25, -0.2) is 0 Å². The van der Waals surface area contributed by atoms with Crippen LogP contribution in [0.15, 0.2) is 54.6 Å². The summed E-state index contributed by atoms with van der Waals surface area (Å²) in [5, 5.41) is 2.55. The average Bonchev–Trinajstić information content (AvgIpc) is 2.62. The highest BCUT2D eigenvalue weighted by Crippen LogP contribution is 2.29. The summed E-state index contributed by atoms with van der Waals surface area (Å²) in [5.41, 5.74) is 0.453. The van der Waals surface area contributed by atoms with Gasteiger partial charge in [-0.15, -0.1) is 0 Å². The van der Waals surface area contributed by atoms with Gasteiger partial charge in [-0.2, -0.15) is 13.2 Å². The number of hydrogen-bond acceptors (Lipinski definition) is 2. The van der Waals surface area contributed by atoms with Gasteiger partial charge in [-0.1, -0.05) is 30.3 Å². The molecule has 2 rings (SSSR count). The van der Waals surface area contributed by atoms with E-state index in [0.29, 0.717) is 0 Å². The minimum absolute atomic E-state index is 0.0395. The topological polar surface area (TPSA) is 49.4 Å². The van der Waals surface area contributed by atoms with Crippen LogP contribution < -0.4 is 5.32 Å². The summed E-state index contributed by atoms with van der Waals surface area (Å²) in [4.78, 5) is 25.6. The van der Waals surface area contributed by atoms with Crippen molar-refractivity contribution in [3.05, 3.63) is 65.7 Å². The van der Waals surface area contributed by atoms with Crippen LogP contribution in [0.5, 0.6) is 0 Å². The molecule has 27 heavy (non-hydrogen) atoms. The normalized spacial score (nSPS) is 12.3. The molecule has 2 aromatic rings. The third kappa shape index (κ3) is 5.84. The lowest BCUT2D eigenvalue weighted by Crippen LogP contribution is -2.34. The van der Waals surface area contributed by atoms with Gasteiger partial charge in [0.1, 0.15) is 0 Å². The lowest BCUT2D eigenvalue weighted by atomic mass is 10.1. The molecule has 0 aliphatic heterocycles. The van der Waals surface area contributed by atoms with Crippen LogP contribution in [0.1, 0.15) is 37.4 Å². The van der Waals surface area contributed by atoms with Gasteiger partial charge < -0.3 is 10.2 Å². The van der Waals surface area contributed by atoms with Crippen LogP contribution in [0, 0.1) is 0 Å². The number of carbonyl (C=O) groups excluding carboxylic acids is 2. The molecule has 1 unspecified atom stereocenters. The molecule has 0 saturated heterocycles. The molecule has 0 aliphatic rings. The predicted molar refractivity (Wildman–Crippen MR) is 96.9 cm³/mol. The third-order valence-electron chi connectivity index (χ3n) is 4.23. The molecule has 0 fully saturated rings. The summed E-state index contributed by atoms with van der Waals surface area (Å²) in [7, 11) is 0. The maximum atomic E-state index is 12.6. The van der Waals surface area contributed by atoms with Gasteiger partial charge in [-0.3, -0.25) is 9.59 Å². The van der Waals surface area contributed by atoms with Crippen molar-refractivity contribution in [3.8, 4) is 0 Å². The largest absolute Gasteiger partial charge is 0.416 e. The quantitative estimate of drug-likeness (QED) is 0.796. The van der Waals surface area contributed by atoms with Crippen molar-refractivity contribution in [1.29, 1.82) is 0 Å². The highest BCUT2D eigenvalue weighted by molar-refractivity contribution is 5.91. The van der Waals surface area contributed by atoms with Crippen LogP contribution in [0.4, 0.5) is 18.9 Å². The first kappa shape index (κ1) is 20.5. The van der Waals surface area contributed by atoms with E-state index in [1.807, 2.05) is 37.3 Å². The molecule has 2 aromatic carbocycles. The summed E-state index contributed by atoms with van der Waals surface area (Å²) in [6.45, 7) is 3.52. The second-order valence-electron chi connectivity index (χ2n) is 6.17. The van der Waals surface area contributed by atoms with Gasteiger partial charge in [0.2, 0.25) is 11.8 Å². The molecule has 144 valence electrons. The highest BCUT2D eigenvalue weighted by atomic mass is 19.4. The number of anilines is 1. The Morgan fingerprint density at radius 2 is 1.63 bits per heavy atom. The number of nitrogens with one attached hydrogen (secondary N) is 1. The van der Waals surface area contributed by atoms with E-state index in [9.17, 15) is 22.8 Å². The van der Waals surface area contributed by atoms with Crippen molar-refractivity contribution in [2.24, 2.45) is 0 Å². The van der Waals surface area contributed by atoms with Crippen molar-refractivity contribution >= 4 is 17.5 Å². The molecule has 0 spiro atoms. The van der Waals surface area contributed by atoms with Crippen molar-refractivity contribution in [3.63, 3.8) is 0 Å². The van der Waals surface area contributed by atoms with E-state index >= 15 is 0 Å². The number of carbonyl (C=O) groups is 2. The van der Waals surface area contributed by atoms with Crippen molar-refractivity contribution in [1.82, 2.24) is 4.90 Å². The zero-order chi connectivity index (χ0) is 20.0. The van der Waals surface area contributed by atoms with Gasteiger partial charge in [0.25, 0.3) is 0 Å². The first-order valence-corrected chi connectivity index (χ1v) is 8.47. The standard InChI is InChI=1S/C20H21F3N2O2/c1-14(16-6-4-3-5-7-16)25(15(2)26)13-12-19(27)24-18-10-8-17(9-11-18)20(21,22)23/h3-11,14H,12-13H2,1-2H3,(H,24,27). The van der Waals surface area contributed by atoms with Crippen LogP contribution in [-0.2, 0) is 15.8 Å². The molecule has 0 radical (unpaired) electrons. The maximum Gasteiger partial charge on any atom is 0.416 e. The summed E-state index contributed by atoms with van der Waals surface area (Å²) in [5.74, 6) is -0.532. The number of alkyl halides is 3. The molecule has 7 heteroatoms. The Bertz CT molecular complexity index is 774. The van der Waals surface area contributed by atoms with Gasteiger partial charge in [0.15, 0.2) is 0 Å². The van der Waals surface area contributed by atoms with E-state index in [4.69, 9.17) is 0 Å². The molecule has 2 amide bonds. The highest BCUT2D eigenvalue weighted by Gasteiger charge is 2.30. The zero-order valence-electron chi connectivity index (χ0n) is 15.1. The van der Waals surface area contributed by atoms with Gasteiger partial charge in [-0.05, 0) is 36.8 Å². The van der Waals surface area contributed by atoms with Crippen LogP contribution in [0.25, 0.3) is 0 Å². The Balaban J connectivity index is 1.95. The molecule has 0 aromatic heterocycles. The maximum absolute atomic E-state index is 12.6. The average molecular weight is 378 g/mol. The smallest absolute Gasteiger partial charge is 0.336 e. The second kappa shape index (κ2) is 8.70. The number of hydrogen-bond donors (Lipinski definition) is 1. The SMILES string of the molecule is CC(=O)N(CCC(=O)Nc1ccc(C(F)(F)F)cc1)C(C)c1ccccc1. The van der Waals surface area contributed by atoms with Crippen LogP contribution in [0.3, 0.4) is 0 Å². The fourth-order valence-corrected chi connectivity index (χ4v) is 2.72. The number of halogens is 3. The molecule has 4 nitrogen and oxygen atoms in total. The number of nitrogens with zero attached hydrogens (tertiary/aromatic N) is 1. The van der Waals surface area contributed by atoms with E-state index < -0.39 is 11.7 Å². The van der Waals surface area contributed by atoms with Crippen molar-refractivity contribution in [2.75, 3.05) is 11.9 Å². The Kier molecular flexibility index (Phi) is 6.60. The van der Waals surface area contributed by atoms with Crippen LogP contribution in [0.2, 0.25) is 0 Å². The Morgan fingerprint density at radius 3 is 2.15 bits per heavy atom. The van der Waals surface area contributed by atoms with Crippen molar-refractivity contribution < 1.29 is 22.8 Å². The molecule has 1 N–H and O–H groups in total.